The van der Waals surface area contributed by atoms with Crippen molar-refractivity contribution in [2.75, 3.05) is 4.90 Å². The molecule has 0 aliphatic carbocycles. The van der Waals surface area contributed by atoms with Crippen molar-refractivity contribution in [3.63, 3.8) is 0 Å². The predicted octanol–water partition coefficient (Wildman–Crippen LogP) is 2.05. The fourth-order valence-corrected chi connectivity index (χ4v) is 2.53. The van der Waals surface area contributed by atoms with E-state index < -0.39 is 17.5 Å². The summed E-state index contributed by atoms with van der Waals surface area (Å²) in [6.07, 6.45) is 3.34. The van der Waals surface area contributed by atoms with Crippen molar-refractivity contribution in [1.29, 1.82) is 0 Å². The lowest BCUT2D eigenvalue weighted by Crippen LogP contribution is -2.29. The third kappa shape index (κ3) is 1.94. The number of carbonyl (C=O) groups is 2. The lowest BCUT2D eigenvalue weighted by atomic mass is 10.1. The molecule has 0 saturated carbocycles. The van der Waals surface area contributed by atoms with Gasteiger partial charge in [0.05, 0.1) is 28.5 Å². The summed E-state index contributed by atoms with van der Waals surface area (Å²) in [5, 5.41) is 4.00. The van der Waals surface area contributed by atoms with E-state index in [9.17, 15) is 14.0 Å². The maximum Gasteiger partial charge on any atom is 0.299 e. The Bertz CT molecular complexity index is 741. The zero-order valence-corrected chi connectivity index (χ0v) is 12.0. The van der Waals surface area contributed by atoms with Crippen molar-refractivity contribution in [2.45, 2.75) is 6.54 Å². The van der Waals surface area contributed by atoms with Crippen LogP contribution in [0.3, 0.4) is 0 Å². The second-order valence-corrected chi connectivity index (χ2v) is 5.38. The number of halogens is 2. The zero-order valence-electron chi connectivity index (χ0n) is 10.4. The fraction of sp³-hybridized carbons (Fsp3) is 0.154. The maximum atomic E-state index is 13.6. The van der Waals surface area contributed by atoms with Crippen LogP contribution in [0.5, 0.6) is 0 Å². The second kappa shape index (κ2) is 4.52. The Balaban J connectivity index is 2.03. The average molecular weight is 338 g/mol. The molecule has 3 rings (SSSR count). The molecule has 0 radical (unpaired) electrons. The number of fused-ring (bicyclic) bond motifs is 1. The van der Waals surface area contributed by atoms with Gasteiger partial charge < -0.3 is 4.90 Å². The number of aryl methyl sites for hydroxylation is 1. The molecule has 5 nitrogen and oxygen atoms in total. The first-order valence-electron chi connectivity index (χ1n) is 5.80. The van der Waals surface area contributed by atoms with E-state index >= 15 is 0 Å². The molecule has 0 unspecified atom stereocenters. The van der Waals surface area contributed by atoms with Gasteiger partial charge in [-0.05, 0) is 28.1 Å². The average Bonchev–Trinajstić information content (AvgIpc) is 2.90. The summed E-state index contributed by atoms with van der Waals surface area (Å²) >= 11 is 3.02. The first kappa shape index (κ1) is 13.0. The summed E-state index contributed by atoms with van der Waals surface area (Å²) in [5.74, 6) is -1.78. The van der Waals surface area contributed by atoms with Crippen LogP contribution in [0.15, 0.2) is 29.0 Å². The highest BCUT2D eigenvalue weighted by molar-refractivity contribution is 9.10. The molecule has 0 spiro atoms. The van der Waals surface area contributed by atoms with Crippen molar-refractivity contribution in [1.82, 2.24) is 9.78 Å². The van der Waals surface area contributed by atoms with Gasteiger partial charge in [-0.3, -0.25) is 14.3 Å². The SMILES string of the molecule is Cn1cc(CN2C(=O)C(=O)c3cc(Br)c(F)cc32)cn1. The molecule has 0 atom stereocenters. The lowest BCUT2D eigenvalue weighted by Gasteiger charge is -2.15. The highest BCUT2D eigenvalue weighted by atomic mass is 79.9. The number of benzene rings is 1. The Labute approximate surface area is 122 Å². The number of nitrogens with zero attached hydrogens (tertiary/aromatic N) is 3. The van der Waals surface area contributed by atoms with Gasteiger partial charge in [0.2, 0.25) is 0 Å². The van der Waals surface area contributed by atoms with Crippen LogP contribution in [0.1, 0.15) is 15.9 Å². The fourth-order valence-electron chi connectivity index (χ4n) is 2.18. The molecule has 1 aliphatic heterocycles. The van der Waals surface area contributed by atoms with Crippen molar-refractivity contribution >= 4 is 33.3 Å². The smallest absolute Gasteiger partial charge is 0.299 e. The number of anilines is 1. The maximum absolute atomic E-state index is 13.6. The van der Waals surface area contributed by atoms with Gasteiger partial charge in [-0.25, -0.2) is 4.39 Å². The van der Waals surface area contributed by atoms with Crippen molar-refractivity contribution in [3.05, 3.63) is 45.9 Å². The van der Waals surface area contributed by atoms with Gasteiger partial charge >= 0.3 is 0 Å². The molecule has 0 saturated heterocycles. The van der Waals surface area contributed by atoms with Crippen LogP contribution in [0, 0.1) is 5.82 Å². The van der Waals surface area contributed by atoms with E-state index in [1.54, 1.807) is 24.1 Å². The highest BCUT2D eigenvalue weighted by Gasteiger charge is 2.36. The van der Waals surface area contributed by atoms with E-state index in [1.165, 1.54) is 17.0 Å². The summed E-state index contributed by atoms with van der Waals surface area (Å²) in [6, 6.07) is 2.53. The van der Waals surface area contributed by atoms with Crippen LogP contribution >= 0.6 is 15.9 Å². The zero-order chi connectivity index (χ0) is 14.4. The molecular formula is C13H9BrFN3O2. The molecule has 20 heavy (non-hydrogen) atoms. The van der Waals surface area contributed by atoms with Gasteiger partial charge in [0.25, 0.3) is 11.7 Å². The Morgan fingerprint density at radius 1 is 1.35 bits per heavy atom. The Kier molecular flexibility index (Phi) is 2.93. The Morgan fingerprint density at radius 2 is 2.10 bits per heavy atom. The van der Waals surface area contributed by atoms with E-state index in [1.807, 2.05) is 0 Å². The topological polar surface area (TPSA) is 55.2 Å². The second-order valence-electron chi connectivity index (χ2n) is 4.53. The minimum Gasteiger partial charge on any atom is -0.300 e. The number of rotatable bonds is 2. The normalized spacial score (nSPS) is 14.1. The largest absolute Gasteiger partial charge is 0.300 e. The molecule has 1 amide bonds. The summed E-state index contributed by atoms with van der Waals surface area (Å²) in [6.45, 7) is 0.187. The molecule has 2 aromatic rings. The van der Waals surface area contributed by atoms with Crippen LogP contribution in [0.4, 0.5) is 10.1 Å². The van der Waals surface area contributed by atoms with Crippen molar-refractivity contribution < 1.29 is 14.0 Å². The number of hydrogen-bond donors (Lipinski definition) is 0. The summed E-state index contributed by atoms with van der Waals surface area (Å²) < 4.78 is 15.4. The van der Waals surface area contributed by atoms with Gasteiger partial charge in [-0.1, -0.05) is 0 Å². The number of Topliss-reactive ketones (excluding diaryl/α,β-unsaturated/α-hetero) is 1. The quantitative estimate of drug-likeness (QED) is 0.788. The molecule has 0 fully saturated rings. The molecule has 0 bridgehead atoms. The monoisotopic (exact) mass is 337 g/mol. The lowest BCUT2D eigenvalue weighted by molar-refractivity contribution is -0.114. The van der Waals surface area contributed by atoms with Gasteiger partial charge in [-0.2, -0.15) is 5.10 Å². The summed E-state index contributed by atoms with van der Waals surface area (Å²) in [7, 11) is 1.76. The summed E-state index contributed by atoms with van der Waals surface area (Å²) in [4.78, 5) is 25.2. The molecule has 102 valence electrons. The van der Waals surface area contributed by atoms with E-state index in [0.29, 0.717) is 5.69 Å². The number of hydrogen-bond acceptors (Lipinski definition) is 3. The number of aromatic nitrogens is 2. The highest BCUT2D eigenvalue weighted by Crippen LogP contribution is 2.34. The van der Waals surface area contributed by atoms with Crippen LogP contribution in [-0.2, 0) is 18.4 Å². The first-order valence-corrected chi connectivity index (χ1v) is 6.59. The Hall–Kier alpha value is -2.02. The molecule has 1 aromatic heterocycles. The molecular weight excluding hydrogens is 329 g/mol. The van der Waals surface area contributed by atoms with Gasteiger partial charge in [-0.15, -0.1) is 0 Å². The van der Waals surface area contributed by atoms with Crippen LogP contribution in [0.2, 0.25) is 0 Å². The molecule has 1 aliphatic rings. The summed E-state index contributed by atoms with van der Waals surface area (Å²) in [5.41, 5.74) is 1.28. The van der Waals surface area contributed by atoms with Crippen LogP contribution in [-0.4, -0.2) is 21.5 Å². The minimum atomic E-state index is -0.652. The third-order valence-electron chi connectivity index (χ3n) is 3.11. The molecule has 1 aromatic carbocycles. The van der Waals surface area contributed by atoms with E-state index in [0.717, 1.165) is 5.56 Å². The van der Waals surface area contributed by atoms with Crippen LogP contribution in [0.25, 0.3) is 0 Å². The molecule has 0 N–H and O–H groups in total. The van der Waals surface area contributed by atoms with Gasteiger partial charge in [0.15, 0.2) is 0 Å². The first-order chi connectivity index (χ1) is 9.47. The number of ketones is 1. The third-order valence-corrected chi connectivity index (χ3v) is 3.72. The van der Waals surface area contributed by atoms with E-state index in [-0.39, 0.29) is 16.6 Å². The van der Waals surface area contributed by atoms with Crippen molar-refractivity contribution in [2.24, 2.45) is 7.05 Å². The molecule has 2 heterocycles. The van der Waals surface area contributed by atoms with E-state index in [2.05, 4.69) is 21.0 Å². The van der Waals surface area contributed by atoms with Gasteiger partial charge in [0, 0.05) is 18.8 Å². The van der Waals surface area contributed by atoms with E-state index in [4.69, 9.17) is 0 Å². The van der Waals surface area contributed by atoms with Gasteiger partial charge in [0.1, 0.15) is 5.82 Å². The Morgan fingerprint density at radius 3 is 2.75 bits per heavy atom. The number of amides is 1. The molecule has 7 heteroatoms. The predicted molar refractivity (Wildman–Crippen MR) is 72.8 cm³/mol. The van der Waals surface area contributed by atoms with Crippen molar-refractivity contribution in [3.8, 4) is 0 Å². The number of carbonyl (C=O) groups excluding carboxylic acids is 2. The standard InChI is InChI=1S/C13H9BrFN3O2/c1-17-5-7(4-16-17)6-18-11-3-10(15)9(14)2-8(11)12(19)13(18)20/h2-5H,6H2,1H3. The van der Waals surface area contributed by atoms with Crippen LogP contribution < -0.4 is 4.90 Å². The minimum absolute atomic E-state index is 0.167.